The van der Waals surface area contributed by atoms with Gasteiger partial charge in [0, 0.05) is 6.54 Å². The van der Waals surface area contributed by atoms with Gasteiger partial charge in [-0.25, -0.2) is 4.79 Å². The predicted molar refractivity (Wildman–Crippen MR) is 78.8 cm³/mol. The highest BCUT2D eigenvalue weighted by atomic mass is 35.5. The molecule has 0 saturated carbocycles. The average Bonchev–Trinajstić information content (AvgIpc) is 2.31. The van der Waals surface area contributed by atoms with Crippen LogP contribution in [0, 0.1) is 5.92 Å². The Morgan fingerprint density at radius 2 is 1.85 bits per heavy atom. The number of aromatic carboxylic acids is 1. The summed E-state index contributed by atoms with van der Waals surface area (Å²) in [7, 11) is -3.93. The minimum absolute atomic E-state index is 0.0540. The molecule has 0 saturated heterocycles. The second kappa shape index (κ2) is 6.62. The second-order valence-corrected chi connectivity index (χ2v) is 6.75. The normalized spacial score (nSPS) is 11.7. The molecule has 0 aliphatic rings. The van der Waals surface area contributed by atoms with Gasteiger partial charge in [0.1, 0.15) is 5.56 Å². The molecule has 0 aromatic heterocycles. The summed E-state index contributed by atoms with van der Waals surface area (Å²) in [6.07, 6.45) is 0. The zero-order valence-corrected chi connectivity index (χ0v) is 13.1. The lowest BCUT2D eigenvalue weighted by atomic mass is 10.2. The fourth-order valence-corrected chi connectivity index (χ4v) is 2.91. The van der Waals surface area contributed by atoms with E-state index in [9.17, 15) is 13.2 Å². The van der Waals surface area contributed by atoms with Gasteiger partial charge in [0.05, 0.1) is 15.7 Å². The Hall–Kier alpha value is -1.02. The zero-order chi connectivity index (χ0) is 15.5. The fourth-order valence-electron chi connectivity index (χ4n) is 1.31. The highest BCUT2D eigenvalue weighted by Gasteiger charge is 2.22. The molecule has 9 heteroatoms. The standard InChI is InChI=1S/C11H14Cl2N2O4S/c1-6(2)5-14-20(18,19)15-10-8(13)4-3-7(12)9(10)11(16)17/h3-4,6,14-15H,5H2,1-2H3,(H,16,17). The quantitative estimate of drug-likeness (QED) is 0.741. The van der Waals surface area contributed by atoms with E-state index in [1.165, 1.54) is 12.1 Å². The van der Waals surface area contributed by atoms with Crippen LogP contribution in [0.25, 0.3) is 0 Å². The van der Waals surface area contributed by atoms with Crippen LogP contribution in [0.4, 0.5) is 5.69 Å². The van der Waals surface area contributed by atoms with Crippen LogP contribution in [0.3, 0.4) is 0 Å². The van der Waals surface area contributed by atoms with Gasteiger partial charge in [-0.3, -0.25) is 4.72 Å². The van der Waals surface area contributed by atoms with Crippen molar-refractivity contribution in [2.75, 3.05) is 11.3 Å². The minimum Gasteiger partial charge on any atom is -0.478 e. The number of hydrogen-bond acceptors (Lipinski definition) is 3. The second-order valence-electron chi connectivity index (χ2n) is 4.43. The van der Waals surface area contributed by atoms with Gasteiger partial charge in [-0.05, 0) is 18.1 Å². The summed E-state index contributed by atoms with van der Waals surface area (Å²) in [5.74, 6) is -1.28. The van der Waals surface area contributed by atoms with Crippen LogP contribution in [0.2, 0.25) is 10.0 Å². The van der Waals surface area contributed by atoms with Gasteiger partial charge >= 0.3 is 5.97 Å². The van der Waals surface area contributed by atoms with Gasteiger partial charge in [-0.1, -0.05) is 37.0 Å². The number of carboxylic acids is 1. The summed E-state index contributed by atoms with van der Waals surface area (Å²) in [5, 5.41) is 8.93. The molecule has 0 unspecified atom stereocenters. The van der Waals surface area contributed by atoms with Gasteiger partial charge in [-0.15, -0.1) is 0 Å². The van der Waals surface area contributed by atoms with Crippen LogP contribution >= 0.6 is 23.2 Å². The molecule has 0 aliphatic carbocycles. The van der Waals surface area contributed by atoms with E-state index in [4.69, 9.17) is 28.3 Å². The van der Waals surface area contributed by atoms with Crippen LogP contribution < -0.4 is 9.44 Å². The number of anilines is 1. The van der Waals surface area contributed by atoms with E-state index < -0.39 is 21.7 Å². The van der Waals surface area contributed by atoms with E-state index >= 15 is 0 Å². The highest BCUT2D eigenvalue weighted by Crippen LogP contribution is 2.32. The lowest BCUT2D eigenvalue weighted by Crippen LogP contribution is -2.33. The highest BCUT2D eigenvalue weighted by molar-refractivity contribution is 7.90. The van der Waals surface area contributed by atoms with Crippen molar-refractivity contribution in [1.82, 2.24) is 4.72 Å². The molecule has 0 fully saturated rings. The first-order valence-electron chi connectivity index (χ1n) is 5.62. The Balaban J connectivity index is 3.15. The van der Waals surface area contributed by atoms with Gasteiger partial charge in [0.15, 0.2) is 0 Å². The number of halogens is 2. The van der Waals surface area contributed by atoms with E-state index in [2.05, 4.69) is 9.44 Å². The molecule has 0 heterocycles. The monoisotopic (exact) mass is 340 g/mol. The number of rotatable bonds is 6. The molecule has 0 amide bonds. The molecular weight excluding hydrogens is 327 g/mol. The largest absolute Gasteiger partial charge is 0.478 e. The van der Waals surface area contributed by atoms with Crippen LogP contribution in [-0.2, 0) is 10.2 Å². The van der Waals surface area contributed by atoms with Crippen LogP contribution in [-0.4, -0.2) is 26.0 Å². The first kappa shape index (κ1) is 17.0. The molecule has 0 radical (unpaired) electrons. The molecule has 1 rings (SSSR count). The van der Waals surface area contributed by atoms with Crippen molar-refractivity contribution in [2.45, 2.75) is 13.8 Å². The van der Waals surface area contributed by atoms with E-state index in [1.807, 2.05) is 13.8 Å². The average molecular weight is 341 g/mol. The van der Waals surface area contributed by atoms with Crippen molar-refractivity contribution in [3.05, 3.63) is 27.7 Å². The Kier molecular flexibility index (Phi) is 5.64. The first-order chi connectivity index (χ1) is 9.14. The van der Waals surface area contributed by atoms with Crippen LogP contribution in [0.1, 0.15) is 24.2 Å². The number of carboxylic acid groups (broad SMARTS) is 1. The summed E-state index contributed by atoms with van der Waals surface area (Å²) < 4.78 is 28.0. The summed E-state index contributed by atoms with van der Waals surface area (Å²) >= 11 is 11.6. The van der Waals surface area contributed by atoms with Gasteiger partial charge in [0.25, 0.3) is 10.2 Å². The Morgan fingerprint density at radius 1 is 1.30 bits per heavy atom. The molecule has 1 aromatic carbocycles. The molecule has 0 atom stereocenters. The summed E-state index contributed by atoms with van der Waals surface area (Å²) in [6.45, 7) is 3.87. The van der Waals surface area contributed by atoms with Crippen molar-refractivity contribution >= 4 is 45.1 Å². The fraction of sp³-hybridized carbons (Fsp3) is 0.364. The van der Waals surface area contributed by atoms with Crippen molar-refractivity contribution in [1.29, 1.82) is 0 Å². The SMILES string of the molecule is CC(C)CNS(=O)(=O)Nc1c(Cl)ccc(Cl)c1C(=O)O. The van der Waals surface area contributed by atoms with E-state index in [-0.39, 0.29) is 28.2 Å². The van der Waals surface area contributed by atoms with E-state index in [0.717, 1.165) is 0 Å². The van der Waals surface area contributed by atoms with Crippen molar-refractivity contribution in [3.63, 3.8) is 0 Å². The Bertz CT molecular complexity index is 617. The molecule has 112 valence electrons. The van der Waals surface area contributed by atoms with Crippen molar-refractivity contribution < 1.29 is 18.3 Å². The van der Waals surface area contributed by atoms with Crippen LogP contribution in [0.15, 0.2) is 12.1 Å². The van der Waals surface area contributed by atoms with Gasteiger partial charge < -0.3 is 5.11 Å². The molecule has 0 bridgehead atoms. The lowest BCUT2D eigenvalue weighted by molar-refractivity contribution is 0.0698. The molecule has 20 heavy (non-hydrogen) atoms. The minimum atomic E-state index is -3.93. The Labute approximate surface area is 127 Å². The molecule has 0 spiro atoms. The Morgan fingerprint density at radius 3 is 2.35 bits per heavy atom. The first-order valence-corrected chi connectivity index (χ1v) is 7.86. The molecule has 3 N–H and O–H groups in total. The number of benzene rings is 1. The molecule has 1 aromatic rings. The zero-order valence-electron chi connectivity index (χ0n) is 10.8. The molecular formula is C11H14Cl2N2O4S. The summed E-state index contributed by atoms with van der Waals surface area (Å²) in [5.41, 5.74) is -0.656. The summed E-state index contributed by atoms with van der Waals surface area (Å²) in [4.78, 5) is 11.1. The van der Waals surface area contributed by atoms with Crippen molar-refractivity contribution in [3.8, 4) is 0 Å². The predicted octanol–water partition coefficient (Wildman–Crippen LogP) is 2.59. The maximum Gasteiger partial charge on any atom is 0.339 e. The maximum absolute atomic E-state index is 11.8. The lowest BCUT2D eigenvalue weighted by Gasteiger charge is -2.14. The van der Waals surface area contributed by atoms with Gasteiger partial charge in [0.2, 0.25) is 0 Å². The maximum atomic E-state index is 11.8. The van der Waals surface area contributed by atoms with Crippen LogP contribution in [0.5, 0.6) is 0 Å². The third-order valence-electron chi connectivity index (χ3n) is 2.24. The van der Waals surface area contributed by atoms with Gasteiger partial charge in [-0.2, -0.15) is 13.1 Å². The van der Waals surface area contributed by atoms with Crippen molar-refractivity contribution in [2.24, 2.45) is 5.92 Å². The van der Waals surface area contributed by atoms with E-state index in [1.54, 1.807) is 0 Å². The number of hydrogen-bond donors (Lipinski definition) is 3. The molecule has 6 nitrogen and oxygen atoms in total. The topological polar surface area (TPSA) is 95.5 Å². The third-order valence-corrected chi connectivity index (χ3v) is 3.89. The number of nitrogens with one attached hydrogen (secondary N) is 2. The summed E-state index contributed by atoms with van der Waals surface area (Å²) in [6, 6.07) is 2.60. The molecule has 0 aliphatic heterocycles. The third kappa shape index (κ3) is 4.52. The number of carbonyl (C=O) groups is 1. The van der Waals surface area contributed by atoms with E-state index in [0.29, 0.717) is 0 Å². The smallest absolute Gasteiger partial charge is 0.339 e.